The van der Waals surface area contributed by atoms with Crippen molar-refractivity contribution in [2.24, 2.45) is 0 Å². The van der Waals surface area contributed by atoms with E-state index in [1.54, 1.807) is 19.2 Å². The van der Waals surface area contributed by atoms with Gasteiger partial charge in [-0.25, -0.2) is 0 Å². The van der Waals surface area contributed by atoms with Crippen LogP contribution < -0.4 is 10.1 Å². The summed E-state index contributed by atoms with van der Waals surface area (Å²) in [5, 5.41) is 23.4. The van der Waals surface area contributed by atoms with Crippen molar-refractivity contribution in [3.63, 3.8) is 0 Å². The highest BCUT2D eigenvalue weighted by Gasteiger charge is 2.16. The molecule has 2 atom stereocenters. The normalized spacial score (nSPS) is 13.5. The molecule has 0 amide bonds. The predicted octanol–water partition coefficient (Wildman–Crippen LogP) is 3.35. The van der Waals surface area contributed by atoms with E-state index < -0.39 is 6.10 Å². The van der Waals surface area contributed by atoms with Crippen LogP contribution in [0.4, 0.5) is 0 Å². The molecule has 4 nitrogen and oxygen atoms in total. The van der Waals surface area contributed by atoms with E-state index >= 15 is 0 Å². The van der Waals surface area contributed by atoms with E-state index in [9.17, 15) is 10.2 Å². The fraction of sp³-hybridized carbons (Fsp3) is 0.400. The number of rotatable bonds is 8. The van der Waals surface area contributed by atoms with Crippen molar-refractivity contribution in [3.05, 3.63) is 59.2 Å². The third kappa shape index (κ3) is 4.98. The first-order valence-electron chi connectivity index (χ1n) is 8.35. The van der Waals surface area contributed by atoms with Gasteiger partial charge in [-0.3, -0.25) is 0 Å². The number of methoxy groups -OCH3 is 1. The summed E-state index contributed by atoms with van der Waals surface area (Å²) in [5.41, 5.74) is 2.84. The van der Waals surface area contributed by atoms with Crippen molar-refractivity contribution in [1.82, 2.24) is 5.32 Å². The van der Waals surface area contributed by atoms with Gasteiger partial charge < -0.3 is 20.3 Å². The Morgan fingerprint density at radius 3 is 2.67 bits per heavy atom. The fourth-order valence-electron chi connectivity index (χ4n) is 2.71. The summed E-state index contributed by atoms with van der Waals surface area (Å²) in [6, 6.07) is 13.3. The Hall–Kier alpha value is -2.04. The van der Waals surface area contributed by atoms with E-state index in [-0.39, 0.29) is 11.8 Å². The van der Waals surface area contributed by atoms with Crippen LogP contribution in [0.3, 0.4) is 0 Å². The Kier molecular flexibility index (Phi) is 6.64. The molecule has 24 heavy (non-hydrogen) atoms. The van der Waals surface area contributed by atoms with Gasteiger partial charge in [-0.1, -0.05) is 18.2 Å². The van der Waals surface area contributed by atoms with Crippen LogP contribution in [0.1, 0.15) is 36.1 Å². The van der Waals surface area contributed by atoms with Gasteiger partial charge in [0.15, 0.2) is 0 Å². The lowest BCUT2D eigenvalue weighted by atomic mass is 10.0. The number of phenolic OH excluding ortho intramolecular Hbond substituents is 1. The maximum absolute atomic E-state index is 10.4. The number of ether oxygens (including phenoxy) is 1. The maximum atomic E-state index is 10.4. The van der Waals surface area contributed by atoms with Gasteiger partial charge >= 0.3 is 0 Å². The lowest BCUT2D eigenvalue weighted by molar-refractivity contribution is 0.136. The summed E-state index contributed by atoms with van der Waals surface area (Å²) in [5.74, 6) is 1.14. The van der Waals surface area contributed by atoms with Crippen molar-refractivity contribution in [2.45, 2.75) is 38.8 Å². The number of aliphatic hydroxyl groups is 1. The first kappa shape index (κ1) is 18.3. The molecule has 2 aromatic rings. The average Bonchev–Trinajstić information content (AvgIpc) is 2.60. The molecule has 2 unspecified atom stereocenters. The Morgan fingerprint density at radius 1 is 1.17 bits per heavy atom. The number of phenols is 1. The van der Waals surface area contributed by atoms with E-state index in [2.05, 4.69) is 17.4 Å². The second-order valence-electron chi connectivity index (χ2n) is 6.19. The zero-order valence-electron chi connectivity index (χ0n) is 14.6. The molecular weight excluding hydrogens is 302 g/mol. The lowest BCUT2D eigenvalue weighted by Gasteiger charge is -2.21. The van der Waals surface area contributed by atoms with Gasteiger partial charge in [-0.2, -0.15) is 0 Å². The van der Waals surface area contributed by atoms with Crippen LogP contribution >= 0.6 is 0 Å². The van der Waals surface area contributed by atoms with Gasteiger partial charge in [-0.05, 0) is 74.2 Å². The summed E-state index contributed by atoms with van der Waals surface area (Å²) in [7, 11) is 1.68. The third-order valence-corrected chi connectivity index (χ3v) is 4.28. The monoisotopic (exact) mass is 329 g/mol. The fourth-order valence-corrected chi connectivity index (χ4v) is 2.71. The molecule has 0 saturated heterocycles. The molecule has 0 aliphatic rings. The summed E-state index contributed by atoms with van der Waals surface area (Å²) in [4.78, 5) is 0. The standard InChI is InChI=1S/C20H27NO3/c1-14-12-17(9-10-19(14)22)20(23)15(2)21-11-5-7-16-6-4-8-18(13-16)24-3/h4,6,8-10,12-13,15,20-23H,5,7,11H2,1-3H3. The molecule has 2 rings (SSSR count). The molecule has 0 aliphatic heterocycles. The average molecular weight is 329 g/mol. The Balaban J connectivity index is 1.79. The summed E-state index contributed by atoms with van der Waals surface area (Å²) >= 11 is 0. The molecular formula is C20H27NO3. The highest BCUT2D eigenvalue weighted by molar-refractivity contribution is 5.36. The molecule has 0 radical (unpaired) electrons. The van der Waals surface area contributed by atoms with Crippen LogP contribution in [0.5, 0.6) is 11.5 Å². The smallest absolute Gasteiger partial charge is 0.119 e. The van der Waals surface area contributed by atoms with Crippen LogP contribution in [0.2, 0.25) is 0 Å². The first-order chi connectivity index (χ1) is 11.5. The lowest BCUT2D eigenvalue weighted by Crippen LogP contribution is -2.33. The second-order valence-corrected chi connectivity index (χ2v) is 6.19. The third-order valence-electron chi connectivity index (χ3n) is 4.28. The molecule has 130 valence electrons. The van der Waals surface area contributed by atoms with Crippen molar-refractivity contribution >= 4 is 0 Å². The van der Waals surface area contributed by atoms with Crippen molar-refractivity contribution in [2.75, 3.05) is 13.7 Å². The topological polar surface area (TPSA) is 61.7 Å². The minimum atomic E-state index is -0.596. The maximum Gasteiger partial charge on any atom is 0.119 e. The highest BCUT2D eigenvalue weighted by atomic mass is 16.5. The van der Waals surface area contributed by atoms with Gasteiger partial charge in [0.05, 0.1) is 13.2 Å². The van der Waals surface area contributed by atoms with Crippen LogP contribution in [0.15, 0.2) is 42.5 Å². The molecule has 2 aromatic carbocycles. The van der Waals surface area contributed by atoms with Crippen molar-refractivity contribution in [3.8, 4) is 11.5 Å². The zero-order valence-corrected chi connectivity index (χ0v) is 14.6. The van der Waals surface area contributed by atoms with Crippen molar-refractivity contribution in [1.29, 1.82) is 0 Å². The number of hydrogen-bond acceptors (Lipinski definition) is 4. The molecule has 4 heteroatoms. The number of benzene rings is 2. The SMILES string of the molecule is COc1cccc(CCCNC(C)C(O)c2ccc(O)c(C)c2)c1. The quantitative estimate of drug-likeness (QED) is 0.650. The number of hydrogen-bond donors (Lipinski definition) is 3. The molecule has 0 heterocycles. The predicted molar refractivity (Wildman–Crippen MR) is 96.6 cm³/mol. The number of aliphatic hydroxyl groups excluding tert-OH is 1. The van der Waals surface area contributed by atoms with Crippen LogP contribution in [0.25, 0.3) is 0 Å². The van der Waals surface area contributed by atoms with Gasteiger partial charge in [0.25, 0.3) is 0 Å². The van der Waals surface area contributed by atoms with Crippen LogP contribution in [-0.2, 0) is 6.42 Å². The summed E-state index contributed by atoms with van der Waals surface area (Å²) in [6.07, 6.45) is 1.35. The van der Waals surface area contributed by atoms with Gasteiger partial charge in [0.1, 0.15) is 11.5 Å². The van der Waals surface area contributed by atoms with E-state index in [0.717, 1.165) is 36.3 Å². The van der Waals surface area contributed by atoms with E-state index in [1.807, 2.05) is 32.0 Å². The Labute approximate surface area is 144 Å². The van der Waals surface area contributed by atoms with Crippen LogP contribution in [-0.4, -0.2) is 29.9 Å². The Morgan fingerprint density at radius 2 is 1.96 bits per heavy atom. The van der Waals surface area contributed by atoms with Gasteiger partial charge in [-0.15, -0.1) is 0 Å². The molecule has 0 aliphatic carbocycles. The number of nitrogens with one attached hydrogen (secondary N) is 1. The molecule has 0 aromatic heterocycles. The minimum Gasteiger partial charge on any atom is -0.508 e. The number of aromatic hydroxyl groups is 1. The second kappa shape index (κ2) is 8.71. The van der Waals surface area contributed by atoms with E-state index in [0.29, 0.717) is 0 Å². The molecule has 3 N–H and O–H groups in total. The highest BCUT2D eigenvalue weighted by Crippen LogP contribution is 2.23. The summed E-state index contributed by atoms with van der Waals surface area (Å²) in [6.45, 7) is 4.63. The molecule has 0 saturated carbocycles. The zero-order chi connectivity index (χ0) is 17.5. The molecule has 0 spiro atoms. The molecule has 0 fully saturated rings. The summed E-state index contributed by atoms with van der Waals surface area (Å²) < 4.78 is 5.23. The van der Waals surface area contributed by atoms with Crippen LogP contribution in [0, 0.1) is 6.92 Å². The van der Waals surface area contributed by atoms with Gasteiger partial charge in [0, 0.05) is 6.04 Å². The van der Waals surface area contributed by atoms with E-state index in [4.69, 9.17) is 4.74 Å². The van der Waals surface area contributed by atoms with Crippen molar-refractivity contribution < 1.29 is 14.9 Å². The first-order valence-corrected chi connectivity index (χ1v) is 8.35. The Bertz CT molecular complexity index is 657. The molecule has 0 bridgehead atoms. The minimum absolute atomic E-state index is 0.0562. The number of aryl methyl sites for hydroxylation is 2. The van der Waals surface area contributed by atoms with E-state index in [1.165, 1.54) is 5.56 Å². The largest absolute Gasteiger partial charge is 0.508 e. The van der Waals surface area contributed by atoms with Gasteiger partial charge in [0.2, 0.25) is 0 Å².